The first kappa shape index (κ1) is 19.3. The van der Waals surface area contributed by atoms with Crippen LogP contribution < -0.4 is 5.32 Å². The second-order valence-electron chi connectivity index (χ2n) is 7.72. The third-order valence-electron chi connectivity index (χ3n) is 4.46. The molecule has 3 amide bonds. The van der Waals surface area contributed by atoms with Crippen LogP contribution in [0, 0.1) is 0 Å². The summed E-state index contributed by atoms with van der Waals surface area (Å²) in [6.07, 6.45) is 2.33. The fourth-order valence-corrected chi connectivity index (χ4v) is 2.91. The van der Waals surface area contributed by atoms with Gasteiger partial charge in [-0.2, -0.15) is 0 Å². The minimum Gasteiger partial charge on any atom is -0.339 e. The Kier molecular flexibility index (Phi) is 6.45. The summed E-state index contributed by atoms with van der Waals surface area (Å²) >= 11 is 0. The van der Waals surface area contributed by atoms with Gasteiger partial charge in [0.25, 0.3) is 0 Å². The molecule has 1 aliphatic rings. The maximum atomic E-state index is 12.4. The van der Waals surface area contributed by atoms with E-state index in [9.17, 15) is 9.59 Å². The van der Waals surface area contributed by atoms with Gasteiger partial charge in [0.05, 0.1) is 0 Å². The molecule has 5 nitrogen and oxygen atoms in total. The highest BCUT2D eigenvalue weighted by molar-refractivity contribution is 5.78. The number of rotatable bonds is 4. The summed E-state index contributed by atoms with van der Waals surface area (Å²) in [6.45, 7) is 10.5. The lowest BCUT2D eigenvalue weighted by atomic mass is 10.1. The summed E-state index contributed by atoms with van der Waals surface area (Å²) in [5.74, 6) is 0.176. The molecule has 0 aromatic heterocycles. The van der Waals surface area contributed by atoms with Gasteiger partial charge in [-0.15, -0.1) is 0 Å². The van der Waals surface area contributed by atoms with E-state index in [1.54, 1.807) is 4.90 Å². The molecule has 1 saturated heterocycles. The van der Waals surface area contributed by atoms with E-state index < -0.39 is 0 Å². The third kappa shape index (κ3) is 6.07. The number of aryl methyl sites for hydroxylation is 2. The third-order valence-corrected chi connectivity index (χ3v) is 4.46. The van der Waals surface area contributed by atoms with E-state index >= 15 is 0 Å². The lowest BCUT2D eigenvalue weighted by Gasteiger charge is -2.36. The van der Waals surface area contributed by atoms with Crippen molar-refractivity contribution in [3.8, 4) is 0 Å². The summed E-state index contributed by atoms with van der Waals surface area (Å²) in [4.78, 5) is 28.2. The molecule has 1 aromatic carbocycles. The maximum absolute atomic E-state index is 12.4. The van der Waals surface area contributed by atoms with Gasteiger partial charge < -0.3 is 15.1 Å². The van der Waals surface area contributed by atoms with Crippen molar-refractivity contribution in [3.05, 3.63) is 35.4 Å². The Hall–Kier alpha value is -2.04. The largest absolute Gasteiger partial charge is 0.339 e. The van der Waals surface area contributed by atoms with Crippen LogP contribution in [0.25, 0.3) is 0 Å². The Morgan fingerprint density at radius 1 is 0.960 bits per heavy atom. The van der Waals surface area contributed by atoms with Gasteiger partial charge in [0.1, 0.15) is 0 Å². The number of amides is 3. The number of carbonyl (C=O) groups is 2. The second kappa shape index (κ2) is 8.37. The Morgan fingerprint density at radius 2 is 1.48 bits per heavy atom. The number of nitrogens with one attached hydrogen (secondary N) is 1. The molecule has 138 valence electrons. The predicted molar refractivity (Wildman–Crippen MR) is 101 cm³/mol. The van der Waals surface area contributed by atoms with Crippen LogP contribution in [0.3, 0.4) is 0 Å². The van der Waals surface area contributed by atoms with E-state index in [-0.39, 0.29) is 17.5 Å². The molecule has 1 aromatic rings. The average Bonchev–Trinajstić information content (AvgIpc) is 2.58. The molecule has 1 aliphatic heterocycles. The number of benzene rings is 1. The highest BCUT2D eigenvalue weighted by Crippen LogP contribution is 2.11. The summed E-state index contributed by atoms with van der Waals surface area (Å²) in [7, 11) is 0. The van der Waals surface area contributed by atoms with E-state index in [0.29, 0.717) is 32.6 Å². The second-order valence-corrected chi connectivity index (χ2v) is 7.72. The normalized spacial score (nSPS) is 15.2. The minimum absolute atomic E-state index is 0.0457. The zero-order valence-corrected chi connectivity index (χ0v) is 16.0. The minimum atomic E-state index is -0.239. The standard InChI is InChI=1S/C20H31N3O2/c1-5-16-6-8-17(9-7-16)10-11-18(24)22-12-14-23(15-13-22)19(25)21-20(2,3)4/h6-9H,5,10-15H2,1-4H3,(H,21,25). The number of hydrogen-bond donors (Lipinski definition) is 1. The molecule has 0 aliphatic carbocycles. The van der Waals surface area contributed by atoms with Crippen LogP contribution in [-0.2, 0) is 17.6 Å². The van der Waals surface area contributed by atoms with Crippen molar-refractivity contribution in [2.75, 3.05) is 26.2 Å². The zero-order valence-electron chi connectivity index (χ0n) is 16.0. The molecular formula is C20H31N3O2. The highest BCUT2D eigenvalue weighted by atomic mass is 16.2. The number of carbonyl (C=O) groups excluding carboxylic acids is 2. The molecule has 2 rings (SSSR count). The predicted octanol–water partition coefficient (Wildman–Crippen LogP) is 2.83. The van der Waals surface area contributed by atoms with E-state index in [2.05, 4.69) is 36.5 Å². The fraction of sp³-hybridized carbons (Fsp3) is 0.600. The van der Waals surface area contributed by atoms with Crippen molar-refractivity contribution in [1.82, 2.24) is 15.1 Å². The van der Waals surface area contributed by atoms with Crippen LogP contribution in [0.4, 0.5) is 4.79 Å². The van der Waals surface area contributed by atoms with Crippen molar-refractivity contribution < 1.29 is 9.59 Å². The molecule has 0 atom stereocenters. The Balaban J connectivity index is 1.76. The molecule has 0 spiro atoms. The van der Waals surface area contributed by atoms with Gasteiger partial charge in [-0.25, -0.2) is 4.79 Å². The molecule has 0 radical (unpaired) electrons. The van der Waals surface area contributed by atoms with Crippen LogP contribution in [0.1, 0.15) is 45.2 Å². The number of hydrogen-bond acceptors (Lipinski definition) is 2. The summed E-state index contributed by atoms with van der Waals surface area (Å²) in [5.41, 5.74) is 2.28. The Bertz CT molecular complexity index is 582. The first-order valence-electron chi connectivity index (χ1n) is 9.21. The SMILES string of the molecule is CCc1ccc(CCC(=O)N2CCN(C(=O)NC(C)(C)C)CC2)cc1. The molecular weight excluding hydrogens is 314 g/mol. The van der Waals surface area contributed by atoms with Crippen molar-refractivity contribution in [2.24, 2.45) is 0 Å². The monoisotopic (exact) mass is 345 g/mol. The average molecular weight is 345 g/mol. The number of nitrogens with zero attached hydrogens (tertiary/aromatic N) is 2. The van der Waals surface area contributed by atoms with Crippen molar-refractivity contribution in [1.29, 1.82) is 0 Å². The van der Waals surface area contributed by atoms with E-state index in [1.807, 2.05) is 25.7 Å². The smallest absolute Gasteiger partial charge is 0.317 e. The quantitative estimate of drug-likeness (QED) is 0.912. The van der Waals surface area contributed by atoms with Gasteiger partial charge in [-0.1, -0.05) is 31.2 Å². The summed E-state index contributed by atoms with van der Waals surface area (Å²) in [5, 5.41) is 2.97. The number of piperazine rings is 1. The van der Waals surface area contributed by atoms with Crippen LogP contribution in [-0.4, -0.2) is 53.5 Å². The van der Waals surface area contributed by atoms with Crippen LogP contribution in [0.15, 0.2) is 24.3 Å². The summed E-state index contributed by atoms with van der Waals surface area (Å²) in [6, 6.07) is 8.44. The Morgan fingerprint density at radius 3 is 2.00 bits per heavy atom. The van der Waals surface area contributed by atoms with E-state index in [1.165, 1.54) is 11.1 Å². The molecule has 0 unspecified atom stereocenters. The molecule has 0 bridgehead atoms. The van der Waals surface area contributed by atoms with Gasteiger partial charge in [0.2, 0.25) is 5.91 Å². The summed E-state index contributed by atoms with van der Waals surface area (Å²) < 4.78 is 0. The van der Waals surface area contributed by atoms with Gasteiger partial charge in [0.15, 0.2) is 0 Å². The van der Waals surface area contributed by atoms with Gasteiger partial charge >= 0.3 is 6.03 Å². The first-order chi connectivity index (χ1) is 11.8. The molecule has 1 fully saturated rings. The first-order valence-corrected chi connectivity index (χ1v) is 9.21. The fourth-order valence-electron chi connectivity index (χ4n) is 2.91. The van der Waals surface area contributed by atoms with Crippen molar-refractivity contribution >= 4 is 11.9 Å². The number of urea groups is 1. The lowest BCUT2D eigenvalue weighted by molar-refractivity contribution is -0.132. The molecule has 1 heterocycles. The van der Waals surface area contributed by atoms with E-state index in [0.717, 1.165) is 12.8 Å². The molecule has 0 saturated carbocycles. The van der Waals surface area contributed by atoms with Crippen LogP contribution in [0.5, 0.6) is 0 Å². The zero-order chi connectivity index (χ0) is 18.4. The molecule has 1 N–H and O–H groups in total. The Labute approximate surface area is 151 Å². The molecule has 25 heavy (non-hydrogen) atoms. The van der Waals surface area contributed by atoms with Gasteiger partial charge in [0, 0.05) is 38.1 Å². The topological polar surface area (TPSA) is 52.7 Å². The highest BCUT2D eigenvalue weighted by Gasteiger charge is 2.25. The molecule has 5 heteroatoms. The van der Waals surface area contributed by atoms with E-state index in [4.69, 9.17) is 0 Å². The van der Waals surface area contributed by atoms with Crippen molar-refractivity contribution in [2.45, 2.75) is 52.5 Å². The van der Waals surface area contributed by atoms with Gasteiger partial charge in [-0.05, 0) is 44.7 Å². The van der Waals surface area contributed by atoms with Crippen LogP contribution in [0.2, 0.25) is 0 Å². The van der Waals surface area contributed by atoms with Gasteiger partial charge in [-0.3, -0.25) is 4.79 Å². The lowest BCUT2D eigenvalue weighted by Crippen LogP contribution is -2.56. The maximum Gasteiger partial charge on any atom is 0.317 e. The van der Waals surface area contributed by atoms with Crippen LogP contribution >= 0.6 is 0 Å². The van der Waals surface area contributed by atoms with Crippen molar-refractivity contribution in [3.63, 3.8) is 0 Å².